The molecule has 1 aromatic heterocycles. The van der Waals surface area contributed by atoms with Gasteiger partial charge in [0.05, 0.1) is 31.8 Å². The number of ketones is 2. The van der Waals surface area contributed by atoms with E-state index >= 15 is 0 Å². The smallest absolute Gasteiger partial charge is 0.233 e. The molecule has 0 fully saturated rings. The number of ether oxygens (including phenoxy) is 2. The lowest BCUT2D eigenvalue weighted by Gasteiger charge is -2.19. The van der Waals surface area contributed by atoms with Gasteiger partial charge in [-0.3, -0.25) is 13.8 Å². The molecule has 30 heavy (non-hydrogen) atoms. The highest BCUT2D eigenvalue weighted by atomic mass is 32.3. The minimum absolute atomic E-state index is 0.0549. The van der Waals surface area contributed by atoms with Crippen LogP contribution in [0.2, 0.25) is 0 Å². The predicted octanol–water partition coefficient (Wildman–Crippen LogP) is 1.81. The summed E-state index contributed by atoms with van der Waals surface area (Å²) in [7, 11) is -0.893. The molecule has 0 radical (unpaired) electrons. The molecule has 1 heterocycles. The Kier molecular flexibility index (Phi) is 7.73. The van der Waals surface area contributed by atoms with E-state index in [0.717, 1.165) is 12.8 Å². The molecule has 0 saturated carbocycles. The van der Waals surface area contributed by atoms with E-state index in [2.05, 4.69) is 4.18 Å². The average molecular weight is 453 g/mol. The van der Waals surface area contributed by atoms with Gasteiger partial charge in [-0.15, -0.1) is 3.97 Å². The number of Topliss-reactive ketones (excluding diaryl/α,β-unsaturated/α-hetero) is 2. The highest BCUT2D eigenvalue weighted by Gasteiger charge is 2.37. The Morgan fingerprint density at radius 1 is 0.933 bits per heavy atom. The summed E-state index contributed by atoms with van der Waals surface area (Å²) in [6, 6.07) is 11.0. The second-order valence-electron chi connectivity index (χ2n) is 5.74. The number of aryl methyl sites for hydroxylation is 1. The molecule has 0 N–H and O–H groups in total. The standard InChI is InChI=1S/C18H16NO4S.CH4O4S/c1-11-7-4-5-10-19(11)24-13-9-6-8-12-14(13)16(21)18(23-3)17(22-2)15(12)20;1-5-6(2,3)4/h4-10H,1-3H3;1H3,(H,2,3,4)/q+1;/p-1. The summed E-state index contributed by atoms with van der Waals surface area (Å²) in [6.45, 7) is 1.97. The monoisotopic (exact) mass is 453 g/mol. The van der Waals surface area contributed by atoms with Crippen LogP contribution in [0.5, 0.6) is 0 Å². The van der Waals surface area contributed by atoms with Crippen LogP contribution >= 0.6 is 11.9 Å². The normalized spacial score (nSPS) is 13.4. The number of hydrogen-bond acceptors (Lipinski definition) is 9. The van der Waals surface area contributed by atoms with Crippen LogP contribution in [0.15, 0.2) is 59.0 Å². The molecule has 0 unspecified atom stereocenters. The van der Waals surface area contributed by atoms with Crippen molar-refractivity contribution in [3.8, 4) is 0 Å². The number of allylic oxidation sites excluding steroid dienone is 2. The van der Waals surface area contributed by atoms with E-state index in [1.54, 1.807) is 12.1 Å². The minimum Gasteiger partial charge on any atom is -0.726 e. The van der Waals surface area contributed by atoms with Gasteiger partial charge in [-0.1, -0.05) is 18.2 Å². The van der Waals surface area contributed by atoms with E-state index in [9.17, 15) is 22.6 Å². The summed E-state index contributed by atoms with van der Waals surface area (Å²) < 4.78 is 43.2. The molecule has 1 aromatic carbocycles. The molecule has 0 bridgehead atoms. The molecule has 160 valence electrons. The molecule has 1 aliphatic rings. The number of nitrogens with zero attached hydrogens (tertiary/aromatic N) is 1. The third-order valence-corrected chi connectivity index (χ3v) is 5.49. The maximum absolute atomic E-state index is 12.8. The molecule has 2 aromatic rings. The molecule has 0 atom stereocenters. The summed E-state index contributed by atoms with van der Waals surface area (Å²) in [5, 5.41) is 0. The SMILES string of the molecule is COC1=C(OC)C(=O)c2c(S[n+]3ccccc3C)cccc2C1=O.COS(=O)(=O)[O-]. The van der Waals surface area contributed by atoms with Crippen LogP contribution in [-0.2, 0) is 24.1 Å². The molecule has 0 spiro atoms. The Morgan fingerprint density at radius 3 is 2.07 bits per heavy atom. The number of benzene rings is 1. The highest BCUT2D eigenvalue weighted by molar-refractivity contribution is 7.93. The number of methoxy groups -OCH3 is 2. The molecule has 3 rings (SSSR count). The van der Waals surface area contributed by atoms with E-state index in [1.165, 1.54) is 26.2 Å². The Labute approximate surface area is 178 Å². The van der Waals surface area contributed by atoms with Gasteiger partial charge < -0.3 is 14.0 Å². The first-order valence-electron chi connectivity index (χ1n) is 8.36. The van der Waals surface area contributed by atoms with E-state index in [-0.39, 0.29) is 23.1 Å². The Balaban J connectivity index is 0.000000469. The predicted molar refractivity (Wildman–Crippen MR) is 105 cm³/mol. The van der Waals surface area contributed by atoms with Crippen LogP contribution in [-0.4, -0.2) is 45.9 Å². The molecule has 0 amide bonds. The summed E-state index contributed by atoms with van der Waals surface area (Å²) in [6.07, 6.45) is 1.90. The summed E-state index contributed by atoms with van der Waals surface area (Å²) >= 11 is 1.38. The third-order valence-electron chi connectivity index (χ3n) is 3.94. The number of rotatable bonds is 5. The summed E-state index contributed by atoms with van der Waals surface area (Å²) in [5.41, 5.74) is 1.70. The zero-order valence-electron chi connectivity index (χ0n) is 16.6. The van der Waals surface area contributed by atoms with Crippen LogP contribution in [0.4, 0.5) is 0 Å². The molecular formula is C19H19NO8S2. The fraction of sp³-hybridized carbons (Fsp3) is 0.211. The lowest BCUT2D eigenvalue weighted by atomic mass is 9.92. The fourth-order valence-electron chi connectivity index (χ4n) is 2.57. The molecule has 0 aliphatic heterocycles. The topological polar surface area (TPSA) is 123 Å². The van der Waals surface area contributed by atoms with Gasteiger partial charge in [0, 0.05) is 24.6 Å². The molecule has 9 nitrogen and oxygen atoms in total. The zero-order chi connectivity index (χ0) is 22.5. The van der Waals surface area contributed by atoms with Crippen LogP contribution in [0.3, 0.4) is 0 Å². The van der Waals surface area contributed by atoms with Gasteiger partial charge in [-0.2, -0.15) is 0 Å². The number of pyridine rings is 1. The number of carbonyl (C=O) groups excluding carboxylic acids is 2. The molecule has 11 heteroatoms. The van der Waals surface area contributed by atoms with Crippen molar-refractivity contribution in [3.63, 3.8) is 0 Å². The lowest BCUT2D eigenvalue weighted by molar-refractivity contribution is -0.502. The van der Waals surface area contributed by atoms with Crippen molar-refractivity contribution in [1.82, 2.24) is 0 Å². The second kappa shape index (κ2) is 9.85. The van der Waals surface area contributed by atoms with E-state index in [4.69, 9.17) is 9.47 Å². The van der Waals surface area contributed by atoms with Gasteiger partial charge >= 0.3 is 0 Å². The number of carbonyl (C=O) groups is 2. The first kappa shape index (κ1) is 23.5. The largest absolute Gasteiger partial charge is 0.726 e. The first-order chi connectivity index (χ1) is 14.1. The second-order valence-corrected chi connectivity index (χ2v) is 7.90. The van der Waals surface area contributed by atoms with Gasteiger partial charge in [0.2, 0.25) is 45.4 Å². The van der Waals surface area contributed by atoms with Gasteiger partial charge in [0.15, 0.2) is 11.9 Å². The highest BCUT2D eigenvalue weighted by Crippen LogP contribution is 2.33. The van der Waals surface area contributed by atoms with Crippen molar-refractivity contribution in [3.05, 3.63) is 70.9 Å². The average Bonchev–Trinajstić information content (AvgIpc) is 2.72. The maximum atomic E-state index is 12.8. The number of fused-ring (bicyclic) bond motifs is 1. The van der Waals surface area contributed by atoms with E-state index < -0.39 is 10.4 Å². The van der Waals surface area contributed by atoms with Crippen molar-refractivity contribution in [2.24, 2.45) is 0 Å². The zero-order valence-corrected chi connectivity index (χ0v) is 18.2. The van der Waals surface area contributed by atoms with Crippen molar-refractivity contribution < 1.29 is 40.2 Å². The van der Waals surface area contributed by atoms with Gasteiger partial charge in [-0.05, 0) is 6.07 Å². The Morgan fingerprint density at radius 2 is 1.53 bits per heavy atom. The van der Waals surface area contributed by atoms with Gasteiger partial charge in [-0.25, -0.2) is 8.42 Å². The molecular weight excluding hydrogens is 434 g/mol. The van der Waals surface area contributed by atoms with Crippen LogP contribution in [0.1, 0.15) is 26.4 Å². The summed E-state index contributed by atoms with van der Waals surface area (Å²) in [5.74, 6) is -0.805. The molecule has 1 aliphatic carbocycles. The van der Waals surface area contributed by atoms with Crippen LogP contribution in [0.25, 0.3) is 0 Å². The summed E-state index contributed by atoms with van der Waals surface area (Å²) in [4.78, 5) is 26.1. The maximum Gasteiger partial charge on any atom is 0.233 e. The first-order valence-corrected chi connectivity index (χ1v) is 10.5. The third kappa shape index (κ3) is 5.25. The Hall–Kier alpha value is -2.73. The van der Waals surface area contributed by atoms with Crippen molar-refractivity contribution in [2.75, 3.05) is 21.3 Å². The van der Waals surface area contributed by atoms with Crippen molar-refractivity contribution in [1.29, 1.82) is 0 Å². The molecule has 0 saturated heterocycles. The van der Waals surface area contributed by atoms with Gasteiger partial charge in [0.1, 0.15) is 0 Å². The minimum atomic E-state index is -4.41. The van der Waals surface area contributed by atoms with Gasteiger partial charge in [0.25, 0.3) is 0 Å². The quantitative estimate of drug-likeness (QED) is 0.379. The van der Waals surface area contributed by atoms with E-state index in [1.807, 2.05) is 41.4 Å². The van der Waals surface area contributed by atoms with Crippen LogP contribution in [0, 0.1) is 6.92 Å². The number of aromatic nitrogens is 1. The van der Waals surface area contributed by atoms with E-state index in [0.29, 0.717) is 16.0 Å². The number of hydrogen-bond donors (Lipinski definition) is 0. The van der Waals surface area contributed by atoms with Crippen molar-refractivity contribution in [2.45, 2.75) is 11.8 Å². The van der Waals surface area contributed by atoms with Crippen LogP contribution < -0.4 is 3.97 Å². The fourth-order valence-corrected chi connectivity index (χ4v) is 3.55. The Bertz CT molecular complexity index is 1110. The lowest BCUT2D eigenvalue weighted by Crippen LogP contribution is -2.30. The van der Waals surface area contributed by atoms with Crippen molar-refractivity contribution >= 4 is 33.9 Å².